The van der Waals surface area contributed by atoms with E-state index >= 15 is 0 Å². The summed E-state index contributed by atoms with van der Waals surface area (Å²) in [6, 6.07) is 14.8. The number of Topliss-reactive ketones (excluding diaryl/α,β-unsaturated/α-hetero) is 1. The highest BCUT2D eigenvalue weighted by atomic mass is 32.1. The quantitative estimate of drug-likeness (QED) is 0.0879. The van der Waals surface area contributed by atoms with Gasteiger partial charge in [-0.3, -0.25) is 28.8 Å². The highest BCUT2D eigenvalue weighted by Gasteiger charge is 2.50. The monoisotopic (exact) mass is 761 g/mol. The van der Waals surface area contributed by atoms with E-state index in [1.54, 1.807) is 12.3 Å². The van der Waals surface area contributed by atoms with Crippen molar-refractivity contribution in [2.75, 3.05) is 6.61 Å². The Hall–Kier alpha value is -4.95. The molecule has 0 saturated carbocycles. The summed E-state index contributed by atoms with van der Waals surface area (Å²) < 4.78 is 10.2. The number of aryl methyl sites for hydroxylation is 1. The van der Waals surface area contributed by atoms with Crippen LogP contribution in [0.25, 0.3) is 0 Å². The summed E-state index contributed by atoms with van der Waals surface area (Å²) in [5, 5.41) is 13.1. The van der Waals surface area contributed by atoms with E-state index in [9.17, 15) is 28.8 Å². The Morgan fingerprint density at radius 3 is 1.93 bits per heavy atom. The molecule has 13 nitrogen and oxygen atoms in total. The van der Waals surface area contributed by atoms with Crippen molar-refractivity contribution < 1.29 is 38.2 Å². The number of ketones is 1. The highest BCUT2D eigenvalue weighted by Crippen LogP contribution is 2.29. The number of thiazole rings is 1. The zero-order valence-electron chi connectivity index (χ0n) is 31.5. The minimum Gasteiger partial charge on any atom is -0.400 e. The Morgan fingerprint density at radius 1 is 0.796 bits per heavy atom. The van der Waals surface area contributed by atoms with E-state index in [1.165, 1.54) is 0 Å². The van der Waals surface area contributed by atoms with Gasteiger partial charge < -0.3 is 30.7 Å². The standard InChI is InChI=1S/C40H51N5O8S/c1-25(2)18-31(35(48)40(5)23-53-40)43-38(51)33(20-28-14-10-7-11-15-28)45-37(50)32(19-26(3)4)44-36(49)30(17-16-27-12-8-6-9-13-27)42-34(47)21-29-22-54-39(41-29)52-24-46/h6-15,22,24-26,30-33H,16-21,23H2,1-5H3,(H,42,47)(H,43,51)(H,44,49)(H,45,50). The maximum absolute atomic E-state index is 14.1. The van der Waals surface area contributed by atoms with Crippen LogP contribution in [0.2, 0.25) is 0 Å². The predicted molar refractivity (Wildman–Crippen MR) is 203 cm³/mol. The molecule has 290 valence electrons. The number of nitrogens with one attached hydrogen (secondary N) is 4. The summed E-state index contributed by atoms with van der Waals surface area (Å²) in [5.74, 6) is -2.29. The molecule has 5 atom stereocenters. The highest BCUT2D eigenvalue weighted by molar-refractivity contribution is 7.11. The van der Waals surface area contributed by atoms with Crippen LogP contribution in [0.5, 0.6) is 5.19 Å². The van der Waals surface area contributed by atoms with Crippen LogP contribution < -0.4 is 26.0 Å². The first kappa shape index (κ1) is 41.8. The van der Waals surface area contributed by atoms with Crippen LogP contribution in [0.1, 0.15) is 70.7 Å². The molecule has 0 spiro atoms. The van der Waals surface area contributed by atoms with Gasteiger partial charge in [0.15, 0.2) is 5.78 Å². The Morgan fingerprint density at radius 2 is 1.33 bits per heavy atom. The van der Waals surface area contributed by atoms with E-state index in [2.05, 4.69) is 26.3 Å². The van der Waals surface area contributed by atoms with Gasteiger partial charge in [0.25, 0.3) is 11.7 Å². The lowest BCUT2D eigenvalue weighted by atomic mass is 9.93. The third-order valence-corrected chi connectivity index (χ3v) is 9.71. The molecule has 1 aliphatic rings. The van der Waals surface area contributed by atoms with Gasteiger partial charge in [0.1, 0.15) is 23.7 Å². The molecule has 2 aromatic carbocycles. The molecule has 1 aromatic heterocycles. The number of ether oxygens (including phenoxy) is 2. The van der Waals surface area contributed by atoms with Crippen molar-refractivity contribution in [3.63, 3.8) is 0 Å². The summed E-state index contributed by atoms with van der Waals surface area (Å²) >= 11 is 1.06. The van der Waals surface area contributed by atoms with Crippen molar-refractivity contribution in [1.82, 2.24) is 26.3 Å². The second-order valence-corrected chi connectivity index (χ2v) is 15.5. The Bertz CT molecular complexity index is 1730. The average molecular weight is 762 g/mol. The normalized spacial score (nSPS) is 17.1. The van der Waals surface area contributed by atoms with Crippen LogP contribution in [0, 0.1) is 11.8 Å². The second kappa shape index (κ2) is 19.9. The van der Waals surface area contributed by atoms with Gasteiger partial charge in [-0.05, 0) is 55.6 Å². The molecule has 1 fully saturated rings. The van der Waals surface area contributed by atoms with E-state index in [0.29, 0.717) is 18.5 Å². The maximum atomic E-state index is 14.1. The van der Waals surface area contributed by atoms with Gasteiger partial charge in [0.2, 0.25) is 23.6 Å². The van der Waals surface area contributed by atoms with Crippen molar-refractivity contribution in [1.29, 1.82) is 0 Å². The molecule has 4 amide bonds. The third kappa shape index (κ3) is 13.2. The largest absolute Gasteiger partial charge is 0.400 e. The Labute approximate surface area is 320 Å². The van der Waals surface area contributed by atoms with E-state index < -0.39 is 53.4 Å². The van der Waals surface area contributed by atoms with Gasteiger partial charge in [0, 0.05) is 11.8 Å². The lowest BCUT2D eigenvalue weighted by Gasteiger charge is -2.28. The van der Waals surface area contributed by atoms with Crippen molar-refractivity contribution in [3.8, 4) is 5.19 Å². The van der Waals surface area contributed by atoms with Gasteiger partial charge in [-0.1, -0.05) is 99.7 Å². The molecule has 0 radical (unpaired) electrons. The van der Waals surface area contributed by atoms with E-state index in [1.807, 2.05) is 88.4 Å². The second-order valence-electron chi connectivity index (χ2n) is 14.7. The first-order valence-electron chi connectivity index (χ1n) is 18.3. The fraction of sp³-hybridized carbons (Fsp3) is 0.475. The van der Waals surface area contributed by atoms with Gasteiger partial charge in [-0.15, -0.1) is 0 Å². The minimum absolute atomic E-state index is 0.0282. The molecule has 4 rings (SSSR count). The number of hydrogen-bond acceptors (Lipinski definition) is 10. The van der Waals surface area contributed by atoms with Crippen LogP contribution in [0.15, 0.2) is 66.0 Å². The van der Waals surface area contributed by atoms with Gasteiger partial charge >= 0.3 is 0 Å². The molecule has 14 heteroatoms. The van der Waals surface area contributed by atoms with Gasteiger partial charge in [0.05, 0.1) is 24.8 Å². The lowest BCUT2D eigenvalue weighted by molar-refractivity contribution is -0.135. The number of amides is 4. The molecule has 3 aromatic rings. The molecular formula is C40H51N5O8S. The smallest absolute Gasteiger partial charge is 0.300 e. The average Bonchev–Trinajstić information content (AvgIpc) is 3.74. The zero-order valence-corrected chi connectivity index (χ0v) is 32.3. The molecule has 1 aliphatic heterocycles. The van der Waals surface area contributed by atoms with Crippen LogP contribution in [0.3, 0.4) is 0 Å². The number of aromatic nitrogens is 1. The number of epoxide rings is 1. The zero-order chi connectivity index (χ0) is 39.3. The number of nitrogens with zero attached hydrogens (tertiary/aromatic N) is 1. The fourth-order valence-corrected chi connectivity index (χ4v) is 6.64. The SMILES string of the molecule is CC(C)CC(NC(=O)C(CCc1ccccc1)NC(=O)Cc1csc(OC=O)n1)C(=O)NC(Cc1ccccc1)C(=O)NC(CC(C)C)C(=O)C1(C)CO1. The lowest BCUT2D eigenvalue weighted by Crippen LogP contribution is -2.59. The predicted octanol–water partition coefficient (Wildman–Crippen LogP) is 3.49. The summed E-state index contributed by atoms with van der Waals surface area (Å²) in [4.78, 5) is 83.3. The first-order valence-corrected chi connectivity index (χ1v) is 19.2. The van der Waals surface area contributed by atoms with Crippen molar-refractivity contribution in [2.24, 2.45) is 11.8 Å². The maximum Gasteiger partial charge on any atom is 0.300 e. The topological polar surface area (TPSA) is 185 Å². The van der Waals surface area contributed by atoms with Crippen LogP contribution in [-0.2, 0) is 52.8 Å². The number of rotatable bonds is 22. The Kier molecular flexibility index (Phi) is 15.4. The first-order chi connectivity index (χ1) is 25.8. The van der Waals surface area contributed by atoms with Gasteiger partial charge in [-0.25, -0.2) is 4.98 Å². The van der Waals surface area contributed by atoms with Crippen molar-refractivity contribution in [3.05, 3.63) is 82.9 Å². The van der Waals surface area contributed by atoms with E-state index in [4.69, 9.17) is 9.47 Å². The summed E-state index contributed by atoms with van der Waals surface area (Å²) in [7, 11) is 0. The van der Waals surface area contributed by atoms with Crippen molar-refractivity contribution >= 4 is 47.2 Å². The van der Waals surface area contributed by atoms with E-state index in [-0.39, 0.29) is 61.6 Å². The molecule has 0 aliphatic carbocycles. The van der Waals surface area contributed by atoms with E-state index in [0.717, 1.165) is 22.5 Å². The molecule has 4 N–H and O–H groups in total. The number of hydrogen-bond donors (Lipinski definition) is 4. The third-order valence-electron chi connectivity index (χ3n) is 8.93. The van der Waals surface area contributed by atoms with Crippen LogP contribution >= 0.6 is 11.3 Å². The molecule has 54 heavy (non-hydrogen) atoms. The number of benzene rings is 2. The number of carbonyl (C=O) groups is 6. The molecule has 2 heterocycles. The summed E-state index contributed by atoms with van der Waals surface area (Å²) in [6.45, 7) is 9.98. The summed E-state index contributed by atoms with van der Waals surface area (Å²) in [6.07, 6.45) is 1.33. The van der Waals surface area contributed by atoms with Gasteiger partial charge in [-0.2, -0.15) is 0 Å². The Balaban J connectivity index is 1.53. The summed E-state index contributed by atoms with van der Waals surface area (Å²) in [5.41, 5.74) is 1.17. The fourth-order valence-electron chi connectivity index (χ4n) is 6.00. The minimum atomic E-state index is -1.07. The van der Waals surface area contributed by atoms with Crippen LogP contribution in [-0.4, -0.2) is 77.2 Å². The number of carbonyl (C=O) groups excluding carboxylic acids is 6. The molecular weight excluding hydrogens is 711 g/mol. The molecule has 1 saturated heterocycles. The molecule has 5 unspecified atom stereocenters. The molecule has 0 bridgehead atoms. The van der Waals surface area contributed by atoms with Crippen molar-refractivity contribution in [2.45, 2.75) is 103 Å². The van der Waals surface area contributed by atoms with Crippen LogP contribution in [0.4, 0.5) is 0 Å².